The highest BCUT2D eigenvalue weighted by Gasteiger charge is 2.36. The molecule has 1 fully saturated rings. The van der Waals surface area contributed by atoms with E-state index in [2.05, 4.69) is 34.6 Å². The first-order valence-electron chi connectivity index (χ1n) is 5.02. The van der Waals surface area contributed by atoms with Gasteiger partial charge in [0.1, 0.15) is 0 Å². The molecule has 0 saturated carbocycles. The van der Waals surface area contributed by atoms with Crippen molar-refractivity contribution in [1.82, 2.24) is 0 Å². The van der Waals surface area contributed by atoms with E-state index in [1.807, 2.05) is 0 Å². The van der Waals surface area contributed by atoms with E-state index in [-0.39, 0.29) is 0 Å². The zero-order chi connectivity index (χ0) is 9.35. The molecule has 12 heavy (non-hydrogen) atoms. The van der Waals surface area contributed by atoms with Crippen molar-refractivity contribution in [2.24, 2.45) is 17.3 Å². The van der Waals surface area contributed by atoms with Gasteiger partial charge in [0.25, 0.3) is 0 Å². The molecule has 1 heteroatoms. The van der Waals surface area contributed by atoms with Crippen molar-refractivity contribution in [2.45, 2.75) is 47.1 Å². The minimum absolute atomic E-state index is 0.445. The Morgan fingerprint density at radius 1 is 1.33 bits per heavy atom. The Labute approximate surface area is 76.5 Å². The molecule has 0 radical (unpaired) electrons. The van der Waals surface area contributed by atoms with Gasteiger partial charge in [-0.25, -0.2) is 0 Å². The lowest BCUT2D eigenvalue weighted by Gasteiger charge is -2.27. The Morgan fingerprint density at radius 2 is 1.83 bits per heavy atom. The number of ether oxygens (including phenoxy) is 1. The number of rotatable bonds is 3. The molecule has 0 bridgehead atoms. The van der Waals surface area contributed by atoms with Crippen LogP contribution in [0.4, 0.5) is 0 Å². The van der Waals surface area contributed by atoms with E-state index in [1.165, 1.54) is 6.42 Å². The van der Waals surface area contributed by atoms with Gasteiger partial charge in [-0.05, 0) is 23.7 Å². The molecule has 0 aromatic rings. The molecule has 1 heterocycles. The van der Waals surface area contributed by atoms with E-state index < -0.39 is 0 Å². The first-order chi connectivity index (χ1) is 5.40. The monoisotopic (exact) mass is 170 g/mol. The molecule has 0 spiro atoms. The quantitative estimate of drug-likeness (QED) is 0.593. The van der Waals surface area contributed by atoms with E-state index in [1.54, 1.807) is 0 Å². The topological polar surface area (TPSA) is 12.5 Å². The molecule has 1 nitrogen and oxygen atoms in total. The zero-order valence-corrected chi connectivity index (χ0v) is 9.05. The molecule has 72 valence electrons. The number of hydrogen-bond donors (Lipinski definition) is 0. The van der Waals surface area contributed by atoms with E-state index in [4.69, 9.17) is 4.74 Å². The summed E-state index contributed by atoms with van der Waals surface area (Å²) in [6.07, 6.45) is 1.86. The van der Waals surface area contributed by atoms with Gasteiger partial charge in [-0.3, -0.25) is 0 Å². The predicted octanol–water partition coefficient (Wildman–Crippen LogP) is 3.09. The van der Waals surface area contributed by atoms with Gasteiger partial charge >= 0.3 is 0 Å². The molecule has 1 aliphatic rings. The van der Waals surface area contributed by atoms with E-state index in [9.17, 15) is 0 Å². The van der Waals surface area contributed by atoms with Gasteiger partial charge in [0.15, 0.2) is 0 Å². The molecule has 0 N–H and O–H groups in total. The van der Waals surface area contributed by atoms with Crippen molar-refractivity contribution in [1.29, 1.82) is 0 Å². The van der Waals surface area contributed by atoms with Crippen molar-refractivity contribution in [3.8, 4) is 0 Å². The van der Waals surface area contributed by atoms with Crippen LogP contribution in [-0.4, -0.2) is 12.7 Å². The van der Waals surface area contributed by atoms with Gasteiger partial charge in [0, 0.05) is 0 Å². The minimum atomic E-state index is 0.445. The van der Waals surface area contributed by atoms with Crippen molar-refractivity contribution in [3.63, 3.8) is 0 Å². The van der Waals surface area contributed by atoms with E-state index >= 15 is 0 Å². The molecular formula is C11H22O. The Balaban J connectivity index is 2.43. The molecule has 1 aliphatic heterocycles. The molecule has 1 saturated heterocycles. The highest BCUT2D eigenvalue weighted by Crippen LogP contribution is 2.36. The maximum Gasteiger partial charge on any atom is 0.0840 e. The van der Waals surface area contributed by atoms with Gasteiger partial charge < -0.3 is 4.74 Å². The average Bonchev–Trinajstić information content (AvgIpc) is 2.61. The Bertz CT molecular complexity index is 138. The summed E-state index contributed by atoms with van der Waals surface area (Å²) in [5.74, 6) is 1.53. The summed E-state index contributed by atoms with van der Waals surface area (Å²) in [4.78, 5) is 0. The van der Waals surface area contributed by atoms with Crippen molar-refractivity contribution in [2.75, 3.05) is 6.61 Å². The van der Waals surface area contributed by atoms with Gasteiger partial charge in [-0.2, -0.15) is 0 Å². The summed E-state index contributed by atoms with van der Waals surface area (Å²) in [5.41, 5.74) is 0.445. The predicted molar refractivity (Wildman–Crippen MR) is 52.1 cm³/mol. The van der Waals surface area contributed by atoms with E-state index in [0.717, 1.165) is 18.4 Å². The normalized spacial score (nSPS) is 26.0. The second kappa shape index (κ2) is 3.37. The fourth-order valence-corrected chi connectivity index (χ4v) is 1.81. The molecular weight excluding hydrogens is 148 g/mol. The maximum absolute atomic E-state index is 5.38. The lowest BCUT2D eigenvalue weighted by atomic mass is 9.78. The third-order valence-electron chi connectivity index (χ3n) is 2.54. The van der Waals surface area contributed by atoms with Crippen molar-refractivity contribution in [3.05, 3.63) is 0 Å². The van der Waals surface area contributed by atoms with Crippen LogP contribution in [0.25, 0.3) is 0 Å². The Kier molecular flexibility index (Phi) is 2.82. The van der Waals surface area contributed by atoms with Crippen LogP contribution in [0.5, 0.6) is 0 Å². The molecule has 0 aromatic carbocycles. The highest BCUT2D eigenvalue weighted by atomic mass is 16.6. The molecule has 0 amide bonds. The van der Waals surface area contributed by atoms with Gasteiger partial charge in [0.05, 0.1) is 12.7 Å². The molecule has 0 aromatic heterocycles. The summed E-state index contributed by atoms with van der Waals surface area (Å²) in [6, 6.07) is 0. The van der Waals surface area contributed by atoms with Crippen LogP contribution < -0.4 is 0 Å². The number of epoxide rings is 1. The highest BCUT2D eigenvalue weighted by molar-refractivity contribution is 4.84. The Hall–Kier alpha value is -0.0400. The SMILES string of the molecule is CC(C)C(CC(C)(C)C)C1CO1. The summed E-state index contributed by atoms with van der Waals surface area (Å²) >= 11 is 0. The molecule has 2 atom stereocenters. The van der Waals surface area contributed by atoms with Crippen LogP contribution in [0.3, 0.4) is 0 Å². The smallest absolute Gasteiger partial charge is 0.0840 e. The fraction of sp³-hybridized carbons (Fsp3) is 1.00. The minimum Gasteiger partial charge on any atom is -0.373 e. The lowest BCUT2D eigenvalue weighted by molar-refractivity contribution is 0.194. The van der Waals surface area contributed by atoms with Crippen LogP contribution in [-0.2, 0) is 4.74 Å². The molecule has 2 unspecified atom stereocenters. The standard InChI is InChI=1S/C11H22O/c1-8(2)9(10-7-12-10)6-11(3,4)5/h8-10H,6-7H2,1-5H3. The third-order valence-corrected chi connectivity index (χ3v) is 2.54. The summed E-state index contributed by atoms with van der Waals surface area (Å²) < 4.78 is 5.38. The first-order valence-corrected chi connectivity index (χ1v) is 5.02. The van der Waals surface area contributed by atoms with Crippen LogP contribution in [0.2, 0.25) is 0 Å². The van der Waals surface area contributed by atoms with Gasteiger partial charge in [0.2, 0.25) is 0 Å². The largest absolute Gasteiger partial charge is 0.373 e. The van der Waals surface area contributed by atoms with Gasteiger partial charge in [-0.1, -0.05) is 34.6 Å². The summed E-state index contributed by atoms with van der Waals surface area (Å²) in [6.45, 7) is 12.5. The van der Waals surface area contributed by atoms with Crippen LogP contribution in [0.1, 0.15) is 41.0 Å². The number of hydrogen-bond acceptors (Lipinski definition) is 1. The fourth-order valence-electron chi connectivity index (χ4n) is 1.81. The average molecular weight is 170 g/mol. The second-order valence-corrected chi connectivity index (χ2v) is 5.54. The van der Waals surface area contributed by atoms with E-state index in [0.29, 0.717) is 11.5 Å². The first kappa shape index (κ1) is 10.0. The van der Waals surface area contributed by atoms with Crippen molar-refractivity contribution >= 4 is 0 Å². The van der Waals surface area contributed by atoms with Gasteiger partial charge in [-0.15, -0.1) is 0 Å². The van der Waals surface area contributed by atoms with Crippen molar-refractivity contribution < 1.29 is 4.74 Å². The van der Waals surface area contributed by atoms with Crippen LogP contribution >= 0.6 is 0 Å². The van der Waals surface area contributed by atoms with Crippen LogP contribution in [0, 0.1) is 17.3 Å². The second-order valence-electron chi connectivity index (χ2n) is 5.54. The maximum atomic E-state index is 5.38. The lowest BCUT2D eigenvalue weighted by Crippen LogP contribution is -2.22. The Morgan fingerprint density at radius 3 is 2.08 bits per heavy atom. The third kappa shape index (κ3) is 3.14. The van der Waals surface area contributed by atoms with Crippen LogP contribution in [0.15, 0.2) is 0 Å². The summed E-state index contributed by atoms with van der Waals surface area (Å²) in [5, 5.41) is 0. The molecule has 1 rings (SSSR count). The zero-order valence-electron chi connectivity index (χ0n) is 9.05. The molecule has 0 aliphatic carbocycles. The summed E-state index contributed by atoms with van der Waals surface area (Å²) in [7, 11) is 0.